The smallest absolute Gasteiger partial charge is 0.267 e. The zero-order chi connectivity index (χ0) is 19.5. The number of unbranched alkanes of at least 4 members (excludes halogenated alkanes) is 15. The summed E-state index contributed by atoms with van der Waals surface area (Å²) in [5.74, 6) is 0. The van der Waals surface area contributed by atoms with E-state index in [1.54, 1.807) is 0 Å². The summed E-state index contributed by atoms with van der Waals surface area (Å²) in [6, 6.07) is 0. The van der Waals surface area contributed by atoms with E-state index in [1.165, 1.54) is 83.5 Å². The Labute approximate surface area is 164 Å². The number of hydrogen-bond acceptors (Lipinski definition) is 2. The molecule has 0 saturated carbocycles. The van der Waals surface area contributed by atoms with Gasteiger partial charge in [-0.2, -0.15) is 8.42 Å². The molecule has 4 heteroatoms. The largest absolute Gasteiger partial charge is 0.285 e. The van der Waals surface area contributed by atoms with Gasteiger partial charge >= 0.3 is 0 Å². The van der Waals surface area contributed by atoms with Crippen molar-refractivity contribution in [1.82, 2.24) is 0 Å². The zero-order valence-electron chi connectivity index (χ0n) is 17.7. The van der Waals surface area contributed by atoms with Crippen LogP contribution in [0.3, 0.4) is 0 Å². The first kappa shape index (κ1) is 25.9. The second-order valence-corrected chi connectivity index (χ2v) is 9.71. The third-order valence-electron chi connectivity index (χ3n) is 5.43. The lowest BCUT2D eigenvalue weighted by atomic mass is 10.0. The van der Waals surface area contributed by atoms with E-state index in [0.29, 0.717) is 12.8 Å². The van der Waals surface area contributed by atoms with Crippen LogP contribution in [0.1, 0.15) is 136 Å². The molecule has 1 unspecified atom stereocenters. The highest BCUT2D eigenvalue weighted by atomic mass is 32.2. The van der Waals surface area contributed by atoms with Gasteiger partial charge in [-0.25, -0.2) is 0 Å². The molecule has 0 aliphatic carbocycles. The summed E-state index contributed by atoms with van der Waals surface area (Å²) >= 11 is 0. The third kappa shape index (κ3) is 17.3. The van der Waals surface area contributed by atoms with Gasteiger partial charge in [0.1, 0.15) is 0 Å². The summed E-state index contributed by atoms with van der Waals surface area (Å²) in [5.41, 5.74) is 0. The first-order chi connectivity index (χ1) is 12.5. The summed E-state index contributed by atoms with van der Waals surface area (Å²) in [5, 5.41) is -0.535. The van der Waals surface area contributed by atoms with E-state index in [2.05, 4.69) is 13.8 Å². The van der Waals surface area contributed by atoms with E-state index in [-0.39, 0.29) is 0 Å². The van der Waals surface area contributed by atoms with Crippen molar-refractivity contribution in [3.05, 3.63) is 0 Å². The lowest BCUT2D eigenvalue weighted by molar-refractivity contribution is 0.442. The van der Waals surface area contributed by atoms with Gasteiger partial charge in [-0.05, 0) is 12.8 Å². The molecule has 0 rings (SSSR count). The lowest BCUT2D eigenvalue weighted by Crippen LogP contribution is -2.20. The topological polar surface area (TPSA) is 54.4 Å². The fourth-order valence-corrected chi connectivity index (χ4v) is 4.56. The number of rotatable bonds is 20. The minimum Gasteiger partial charge on any atom is -0.285 e. The van der Waals surface area contributed by atoms with Crippen molar-refractivity contribution >= 4 is 10.1 Å². The summed E-state index contributed by atoms with van der Waals surface area (Å²) in [4.78, 5) is 0. The number of hydrogen-bond donors (Lipinski definition) is 1. The van der Waals surface area contributed by atoms with Gasteiger partial charge in [-0.1, -0.05) is 123 Å². The molecule has 0 aromatic rings. The Morgan fingerprint density at radius 3 is 1.08 bits per heavy atom. The maximum Gasteiger partial charge on any atom is 0.267 e. The standard InChI is InChI=1S/C22H46O3S/c1-3-5-7-9-11-12-13-15-17-19-21-22(26(23,24)25)20-18-16-14-10-8-6-4-2/h22H,3-21H2,1-2H3,(H,23,24,25). The van der Waals surface area contributed by atoms with Gasteiger partial charge in [0.05, 0.1) is 5.25 Å². The molecule has 0 bridgehead atoms. The van der Waals surface area contributed by atoms with Gasteiger partial charge in [0.15, 0.2) is 0 Å². The molecule has 0 saturated heterocycles. The Balaban J connectivity index is 3.66. The van der Waals surface area contributed by atoms with Crippen LogP contribution in [0.5, 0.6) is 0 Å². The molecular formula is C22H46O3S. The molecule has 0 amide bonds. The van der Waals surface area contributed by atoms with Crippen molar-refractivity contribution in [2.75, 3.05) is 0 Å². The van der Waals surface area contributed by atoms with Crippen LogP contribution in [0.25, 0.3) is 0 Å². The Morgan fingerprint density at radius 1 is 0.538 bits per heavy atom. The van der Waals surface area contributed by atoms with Crippen molar-refractivity contribution in [2.24, 2.45) is 0 Å². The van der Waals surface area contributed by atoms with Gasteiger partial charge in [-0.3, -0.25) is 4.55 Å². The van der Waals surface area contributed by atoms with Crippen molar-refractivity contribution in [2.45, 2.75) is 141 Å². The Hall–Kier alpha value is -0.0900. The second kappa shape index (κ2) is 18.3. The fourth-order valence-electron chi connectivity index (χ4n) is 3.63. The Morgan fingerprint density at radius 2 is 0.808 bits per heavy atom. The van der Waals surface area contributed by atoms with Crippen molar-refractivity contribution in [1.29, 1.82) is 0 Å². The molecular weight excluding hydrogens is 344 g/mol. The van der Waals surface area contributed by atoms with Gasteiger partial charge in [0.25, 0.3) is 10.1 Å². The molecule has 0 aromatic heterocycles. The van der Waals surface area contributed by atoms with E-state index >= 15 is 0 Å². The molecule has 1 atom stereocenters. The van der Waals surface area contributed by atoms with E-state index < -0.39 is 15.4 Å². The Bertz CT molecular complexity index is 379. The van der Waals surface area contributed by atoms with Crippen LogP contribution in [0.2, 0.25) is 0 Å². The van der Waals surface area contributed by atoms with Crippen molar-refractivity contribution < 1.29 is 13.0 Å². The maximum atomic E-state index is 11.6. The summed E-state index contributed by atoms with van der Waals surface area (Å²) < 4.78 is 32.6. The van der Waals surface area contributed by atoms with Crippen LogP contribution in [0, 0.1) is 0 Å². The molecule has 3 nitrogen and oxygen atoms in total. The first-order valence-corrected chi connectivity index (χ1v) is 13.0. The van der Waals surface area contributed by atoms with E-state index in [9.17, 15) is 13.0 Å². The highest BCUT2D eigenvalue weighted by molar-refractivity contribution is 7.86. The van der Waals surface area contributed by atoms with E-state index in [4.69, 9.17) is 0 Å². The van der Waals surface area contributed by atoms with Crippen LogP contribution in [-0.4, -0.2) is 18.2 Å². The molecule has 0 aliphatic heterocycles. The predicted octanol–water partition coefficient (Wildman–Crippen LogP) is 7.69. The molecule has 0 fully saturated rings. The van der Waals surface area contributed by atoms with Crippen LogP contribution in [0.4, 0.5) is 0 Å². The van der Waals surface area contributed by atoms with Gasteiger partial charge in [0.2, 0.25) is 0 Å². The minimum atomic E-state index is -3.88. The average molecular weight is 391 g/mol. The van der Waals surface area contributed by atoms with Crippen LogP contribution in [-0.2, 0) is 10.1 Å². The molecule has 0 aliphatic rings. The molecule has 158 valence electrons. The quantitative estimate of drug-likeness (QED) is 0.171. The molecule has 0 spiro atoms. The van der Waals surface area contributed by atoms with Gasteiger partial charge in [0, 0.05) is 0 Å². The molecule has 1 N–H and O–H groups in total. The lowest BCUT2D eigenvalue weighted by Gasteiger charge is -2.13. The monoisotopic (exact) mass is 390 g/mol. The molecule has 26 heavy (non-hydrogen) atoms. The third-order valence-corrected chi connectivity index (χ3v) is 6.74. The molecule has 0 radical (unpaired) electrons. The predicted molar refractivity (Wildman–Crippen MR) is 114 cm³/mol. The van der Waals surface area contributed by atoms with Gasteiger partial charge in [-0.15, -0.1) is 0 Å². The van der Waals surface area contributed by atoms with Crippen LogP contribution in [0.15, 0.2) is 0 Å². The normalized spacial score (nSPS) is 13.2. The summed E-state index contributed by atoms with van der Waals surface area (Å²) in [6.45, 7) is 4.46. The average Bonchev–Trinajstić information content (AvgIpc) is 2.59. The first-order valence-electron chi connectivity index (χ1n) is 11.5. The summed E-state index contributed by atoms with van der Waals surface area (Å²) in [7, 11) is -3.88. The SMILES string of the molecule is CCCCCCCCCCCCC(CCCCCCCCC)S(=O)(=O)O. The maximum absolute atomic E-state index is 11.6. The fraction of sp³-hybridized carbons (Fsp3) is 1.00. The Kier molecular flexibility index (Phi) is 18.2. The van der Waals surface area contributed by atoms with Gasteiger partial charge < -0.3 is 0 Å². The zero-order valence-corrected chi connectivity index (χ0v) is 18.5. The van der Waals surface area contributed by atoms with Crippen LogP contribution < -0.4 is 0 Å². The molecule has 0 heterocycles. The molecule has 0 aromatic carbocycles. The van der Waals surface area contributed by atoms with E-state index in [0.717, 1.165) is 25.7 Å². The second-order valence-electron chi connectivity index (χ2n) is 8.02. The van der Waals surface area contributed by atoms with Crippen LogP contribution >= 0.6 is 0 Å². The summed E-state index contributed by atoms with van der Waals surface area (Å²) in [6.07, 6.45) is 22.1. The van der Waals surface area contributed by atoms with E-state index in [1.807, 2.05) is 0 Å². The highest BCUT2D eigenvalue weighted by Gasteiger charge is 2.21. The van der Waals surface area contributed by atoms with Crippen molar-refractivity contribution in [3.63, 3.8) is 0 Å². The minimum absolute atomic E-state index is 0.535. The van der Waals surface area contributed by atoms with Crippen molar-refractivity contribution in [3.8, 4) is 0 Å². The highest BCUT2D eigenvalue weighted by Crippen LogP contribution is 2.19.